The molecule has 0 aliphatic heterocycles. The third-order valence-corrected chi connectivity index (χ3v) is 3.58. The Morgan fingerprint density at radius 2 is 1.73 bits per heavy atom. The van der Waals surface area contributed by atoms with Crippen molar-refractivity contribution in [3.8, 4) is 0 Å². The van der Waals surface area contributed by atoms with Gasteiger partial charge in [-0.05, 0) is 42.5 Å². The maximum Gasteiger partial charge on any atom is 0.257 e. The molecule has 0 atom stereocenters. The van der Waals surface area contributed by atoms with E-state index in [1.54, 1.807) is 0 Å². The summed E-state index contributed by atoms with van der Waals surface area (Å²) < 4.78 is 13.1. The number of thiocarbonyl (C=S) groups is 1. The molecular weight excluding hydrogens is 370 g/mol. The predicted octanol–water partition coefficient (Wildman–Crippen LogP) is 4.91. The van der Waals surface area contributed by atoms with Gasteiger partial charge in [0.1, 0.15) is 5.82 Å². The lowest BCUT2D eigenvalue weighted by atomic mass is 10.2. The van der Waals surface area contributed by atoms with Gasteiger partial charge >= 0.3 is 0 Å². The van der Waals surface area contributed by atoms with Gasteiger partial charge in [0.15, 0.2) is 5.11 Å². The second-order valence-corrected chi connectivity index (χ2v) is 5.82. The number of nitrogens with one attached hydrogen (secondary N) is 2. The smallest absolute Gasteiger partial charge is 0.257 e. The van der Waals surface area contributed by atoms with E-state index in [1.165, 1.54) is 30.3 Å². The topological polar surface area (TPSA) is 41.1 Å². The van der Waals surface area contributed by atoms with E-state index in [9.17, 15) is 9.18 Å². The highest BCUT2D eigenvalue weighted by molar-refractivity contribution is 7.80. The van der Waals surface area contributed by atoms with E-state index in [0.717, 1.165) is 6.07 Å². The number of halogens is 4. The molecule has 0 bridgehead atoms. The normalized spacial score (nSPS) is 10.2. The first-order valence-corrected chi connectivity index (χ1v) is 7.43. The molecule has 1 amide bonds. The van der Waals surface area contributed by atoms with Crippen molar-refractivity contribution in [2.75, 3.05) is 5.32 Å². The third kappa shape index (κ3) is 4.30. The number of carbonyl (C=O) groups excluding carboxylic acids is 1. The maximum atomic E-state index is 13.1. The van der Waals surface area contributed by atoms with Gasteiger partial charge in [-0.2, -0.15) is 0 Å². The van der Waals surface area contributed by atoms with Gasteiger partial charge in [-0.15, -0.1) is 0 Å². The molecule has 2 aromatic carbocycles. The average Bonchev–Trinajstić information content (AvgIpc) is 2.42. The summed E-state index contributed by atoms with van der Waals surface area (Å²) in [5.74, 6) is -1.08. The highest BCUT2D eigenvalue weighted by atomic mass is 35.5. The first-order valence-electron chi connectivity index (χ1n) is 5.89. The van der Waals surface area contributed by atoms with Crippen LogP contribution in [0.4, 0.5) is 10.1 Å². The van der Waals surface area contributed by atoms with Crippen LogP contribution >= 0.6 is 47.0 Å². The molecule has 8 heteroatoms. The van der Waals surface area contributed by atoms with Gasteiger partial charge in [-0.25, -0.2) is 4.39 Å². The molecule has 3 nitrogen and oxygen atoms in total. The number of hydrogen-bond acceptors (Lipinski definition) is 2. The second kappa shape index (κ2) is 7.24. The summed E-state index contributed by atoms with van der Waals surface area (Å²) in [4.78, 5) is 11.9. The molecule has 0 spiro atoms. The zero-order valence-corrected chi connectivity index (χ0v) is 13.9. The van der Waals surface area contributed by atoms with Crippen LogP contribution in [0.25, 0.3) is 0 Å². The van der Waals surface area contributed by atoms with Crippen LogP contribution in [-0.2, 0) is 0 Å². The van der Waals surface area contributed by atoms with Crippen LogP contribution in [0.2, 0.25) is 15.1 Å². The molecule has 0 aliphatic rings. The first-order chi connectivity index (χ1) is 10.4. The molecule has 0 aliphatic carbocycles. The number of anilines is 1. The second-order valence-electron chi connectivity index (χ2n) is 4.16. The monoisotopic (exact) mass is 376 g/mol. The van der Waals surface area contributed by atoms with Crippen molar-refractivity contribution in [2.24, 2.45) is 0 Å². The summed E-state index contributed by atoms with van der Waals surface area (Å²) in [6.45, 7) is 0. The van der Waals surface area contributed by atoms with Crippen LogP contribution in [0.5, 0.6) is 0 Å². The highest BCUT2D eigenvalue weighted by Gasteiger charge is 2.12. The summed E-state index contributed by atoms with van der Waals surface area (Å²) in [5.41, 5.74) is 0.453. The Labute approximate surface area is 146 Å². The summed E-state index contributed by atoms with van der Waals surface area (Å²) in [6.07, 6.45) is 0. The van der Waals surface area contributed by atoms with E-state index in [1.807, 2.05) is 0 Å². The number of hydrogen-bond donors (Lipinski definition) is 2. The Bertz CT molecular complexity index is 732. The van der Waals surface area contributed by atoms with Crippen molar-refractivity contribution in [1.29, 1.82) is 0 Å². The number of rotatable bonds is 2. The summed E-state index contributed by atoms with van der Waals surface area (Å²) in [6, 6.07) is 8.18. The Kier molecular flexibility index (Phi) is 5.58. The Hall–Kier alpha value is -1.40. The zero-order valence-electron chi connectivity index (χ0n) is 10.8. The first kappa shape index (κ1) is 17.0. The molecule has 0 fully saturated rings. The lowest BCUT2D eigenvalue weighted by Gasteiger charge is -2.12. The fraction of sp³-hybridized carbons (Fsp3) is 0. The van der Waals surface area contributed by atoms with E-state index in [4.69, 9.17) is 47.0 Å². The lowest BCUT2D eigenvalue weighted by molar-refractivity contribution is 0.0977. The largest absolute Gasteiger partial charge is 0.330 e. The summed E-state index contributed by atoms with van der Waals surface area (Å²) >= 11 is 22.8. The minimum absolute atomic E-state index is 0.0274. The van der Waals surface area contributed by atoms with Gasteiger partial charge in [-0.1, -0.05) is 40.9 Å². The molecule has 22 heavy (non-hydrogen) atoms. The Morgan fingerprint density at radius 1 is 1.09 bits per heavy atom. The molecule has 0 aromatic heterocycles. The molecule has 2 N–H and O–H groups in total. The van der Waals surface area contributed by atoms with Crippen molar-refractivity contribution in [3.63, 3.8) is 0 Å². The Morgan fingerprint density at radius 3 is 2.32 bits per heavy atom. The molecule has 2 aromatic rings. The van der Waals surface area contributed by atoms with E-state index in [0.29, 0.717) is 10.7 Å². The van der Waals surface area contributed by atoms with Gasteiger partial charge in [0.25, 0.3) is 5.91 Å². The quantitative estimate of drug-likeness (QED) is 0.730. The lowest BCUT2D eigenvalue weighted by Crippen LogP contribution is -2.34. The molecule has 0 unspecified atom stereocenters. The molecular formula is C14H8Cl3FN2OS. The number of amides is 1. The molecule has 0 saturated heterocycles. The van der Waals surface area contributed by atoms with Crippen LogP contribution in [-0.4, -0.2) is 11.0 Å². The minimum Gasteiger partial charge on any atom is -0.330 e. The van der Waals surface area contributed by atoms with Crippen LogP contribution < -0.4 is 10.6 Å². The SMILES string of the molecule is O=C(NC(=S)Nc1c(Cl)cc(Cl)cc1Cl)c1cccc(F)c1. The molecule has 0 heterocycles. The zero-order chi connectivity index (χ0) is 16.3. The van der Waals surface area contributed by atoms with Crippen molar-refractivity contribution < 1.29 is 9.18 Å². The van der Waals surface area contributed by atoms with Crippen molar-refractivity contribution >= 4 is 63.7 Å². The van der Waals surface area contributed by atoms with E-state index < -0.39 is 11.7 Å². The van der Waals surface area contributed by atoms with Gasteiger partial charge in [-0.3, -0.25) is 10.1 Å². The molecule has 2 rings (SSSR count). The number of benzene rings is 2. The van der Waals surface area contributed by atoms with Crippen molar-refractivity contribution in [1.82, 2.24) is 5.32 Å². The average molecular weight is 378 g/mol. The Balaban J connectivity index is 2.09. The summed E-state index contributed by atoms with van der Waals surface area (Å²) in [7, 11) is 0. The fourth-order valence-electron chi connectivity index (χ4n) is 1.61. The van der Waals surface area contributed by atoms with Crippen LogP contribution in [0.3, 0.4) is 0 Å². The number of carbonyl (C=O) groups is 1. The third-order valence-electron chi connectivity index (χ3n) is 2.56. The standard InChI is InChI=1S/C14H8Cl3FN2OS/c15-8-5-10(16)12(11(17)6-8)19-14(22)20-13(21)7-2-1-3-9(18)4-7/h1-6H,(H2,19,20,21,22). The van der Waals surface area contributed by atoms with E-state index >= 15 is 0 Å². The molecule has 114 valence electrons. The minimum atomic E-state index is -0.557. The van der Waals surface area contributed by atoms with Gasteiger partial charge in [0.05, 0.1) is 15.7 Å². The van der Waals surface area contributed by atoms with E-state index in [-0.39, 0.29) is 20.7 Å². The summed E-state index contributed by atoms with van der Waals surface area (Å²) in [5, 5.41) is 5.95. The predicted molar refractivity (Wildman–Crippen MR) is 91.6 cm³/mol. The molecule has 0 saturated carbocycles. The highest BCUT2D eigenvalue weighted by Crippen LogP contribution is 2.33. The van der Waals surface area contributed by atoms with Crippen LogP contribution in [0.15, 0.2) is 36.4 Å². The van der Waals surface area contributed by atoms with Gasteiger partial charge in [0.2, 0.25) is 0 Å². The van der Waals surface area contributed by atoms with E-state index in [2.05, 4.69) is 10.6 Å². The van der Waals surface area contributed by atoms with Crippen LogP contribution in [0.1, 0.15) is 10.4 Å². The van der Waals surface area contributed by atoms with Gasteiger partial charge < -0.3 is 5.32 Å². The van der Waals surface area contributed by atoms with Crippen LogP contribution in [0, 0.1) is 5.82 Å². The fourth-order valence-corrected chi connectivity index (χ4v) is 2.72. The van der Waals surface area contributed by atoms with Gasteiger partial charge in [0, 0.05) is 10.6 Å². The molecule has 0 radical (unpaired) electrons. The van der Waals surface area contributed by atoms with Crippen molar-refractivity contribution in [3.05, 3.63) is 62.8 Å². The maximum absolute atomic E-state index is 13.1. The van der Waals surface area contributed by atoms with Crippen molar-refractivity contribution in [2.45, 2.75) is 0 Å².